The number of hydrogen-bond donors (Lipinski definition) is 1. The van der Waals surface area contributed by atoms with E-state index in [1.807, 2.05) is 6.92 Å². The summed E-state index contributed by atoms with van der Waals surface area (Å²) in [7, 11) is 0. The lowest BCUT2D eigenvalue weighted by molar-refractivity contribution is -0.137. The molecule has 0 bridgehead atoms. The smallest absolute Gasteiger partial charge is 0.416 e. The van der Waals surface area contributed by atoms with Crippen molar-refractivity contribution in [1.29, 1.82) is 0 Å². The van der Waals surface area contributed by atoms with Gasteiger partial charge >= 0.3 is 6.18 Å². The summed E-state index contributed by atoms with van der Waals surface area (Å²) in [5.74, 6) is 0.247. The summed E-state index contributed by atoms with van der Waals surface area (Å²) in [6.07, 6.45) is -4.46. The molecule has 1 N–H and O–H groups in total. The minimum absolute atomic E-state index is 0.0600. The van der Waals surface area contributed by atoms with Gasteiger partial charge < -0.3 is 14.6 Å². The molecule has 0 saturated carbocycles. The van der Waals surface area contributed by atoms with Crippen LogP contribution in [0, 0.1) is 0 Å². The first-order chi connectivity index (χ1) is 15.7. The number of carbonyl (C=O) groups is 2. The summed E-state index contributed by atoms with van der Waals surface area (Å²) in [6, 6.07) is 11.2. The number of nitrogens with zero attached hydrogens (tertiary/aromatic N) is 3. The fraction of sp³-hybridized carbons (Fsp3) is 0.273. The fourth-order valence-electron chi connectivity index (χ4n) is 2.88. The number of nitrogens with one attached hydrogen (secondary N) is 1. The molecular formula is C22H21F3N4O3S. The molecule has 0 fully saturated rings. The molecule has 3 rings (SSSR count). The standard InChI is InChI=1S/C22H21F3N4O3S/c1-3-29-19(12-32-18-6-4-5-16(11-18)22(23,24)25)27-28-21(29)33-13-20(31)26-17-9-7-15(8-10-17)14(2)30/h4-11H,3,12-13H2,1-2H3,(H,26,31). The van der Waals surface area contributed by atoms with E-state index in [1.54, 1.807) is 28.8 Å². The number of ether oxygens (including phenoxy) is 1. The van der Waals surface area contributed by atoms with E-state index in [-0.39, 0.29) is 29.8 Å². The summed E-state index contributed by atoms with van der Waals surface area (Å²) in [5, 5.41) is 11.3. The molecular weight excluding hydrogens is 457 g/mol. The van der Waals surface area contributed by atoms with Crippen molar-refractivity contribution in [3.63, 3.8) is 0 Å². The van der Waals surface area contributed by atoms with Gasteiger partial charge in [0.15, 0.2) is 16.8 Å². The summed E-state index contributed by atoms with van der Waals surface area (Å²) in [4.78, 5) is 23.6. The first-order valence-electron chi connectivity index (χ1n) is 9.93. The van der Waals surface area contributed by atoms with Gasteiger partial charge in [0, 0.05) is 17.8 Å². The molecule has 174 valence electrons. The molecule has 0 spiro atoms. The maximum atomic E-state index is 12.9. The number of aromatic nitrogens is 3. The summed E-state index contributed by atoms with van der Waals surface area (Å²) < 4.78 is 45.8. The highest BCUT2D eigenvalue weighted by Crippen LogP contribution is 2.31. The predicted molar refractivity (Wildman–Crippen MR) is 117 cm³/mol. The molecule has 0 aliphatic rings. The molecule has 0 aliphatic heterocycles. The molecule has 0 unspecified atom stereocenters. The van der Waals surface area contributed by atoms with Gasteiger partial charge in [-0.2, -0.15) is 13.2 Å². The van der Waals surface area contributed by atoms with Gasteiger partial charge in [0.2, 0.25) is 5.91 Å². The number of hydrogen-bond acceptors (Lipinski definition) is 6. The summed E-state index contributed by atoms with van der Waals surface area (Å²) >= 11 is 1.17. The lowest BCUT2D eigenvalue weighted by Gasteiger charge is -2.11. The second kappa shape index (κ2) is 10.5. The van der Waals surface area contributed by atoms with Crippen LogP contribution in [0.3, 0.4) is 0 Å². The Hall–Kier alpha value is -3.34. The molecule has 3 aromatic rings. The van der Waals surface area contributed by atoms with Gasteiger partial charge in [0.1, 0.15) is 12.4 Å². The van der Waals surface area contributed by atoms with Gasteiger partial charge in [0.25, 0.3) is 0 Å². The van der Waals surface area contributed by atoms with Gasteiger partial charge in [-0.1, -0.05) is 17.8 Å². The van der Waals surface area contributed by atoms with Gasteiger partial charge in [-0.25, -0.2) is 0 Å². The Morgan fingerprint density at radius 1 is 1.12 bits per heavy atom. The van der Waals surface area contributed by atoms with Crippen molar-refractivity contribution in [3.05, 3.63) is 65.5 Å². The average molecular weight is 478 g/mol. The Kier molecular flexibility index (Phi) is 7.75. The van der Waals surface area contributed by atoms with Crippen molar-refractivity contribution in [2.45, 2.75) is 38.3 Å². The van der Waals surface area contributed by atoms with E-state index in [4.69, 9.17) is 4.74 Å². The van der Waals surface area contributed by atoms with Gasteiger partial charge in [-0.15, -0.1) is 10.2 Å². The normalized spacial score (nSPS) is 11.3. The number of benzene rings is 2. The van der Waals surface area contributed by atoms with E-state index in [1.165, 1.54) is 30.8 Å². The number of rotatable bonds is 9. The van der Waals surface area contributed by atoms with Gasteiger partial charge in [-0.3, -0.25) is 9.59 Å². The van der Waals surface area contributed by atoms with Crippen LogP contribution in [0.15, 0.2) is 53.7 Å². The lowest BCUT2D eigenvalue weighted by Crippen LogP contribution is -2.15. The van der Waals surface area contributed by atoms with E-state index in [0.29, 0.717) is 28.8 Å². The van der Waals surface area contributed by atoms with Crippen LogP contribution < -0.4 is 10.1 Å². The van der Waals surface area contributed by atoms with E-state index in [2.05, 4.69) is 15.5 Å². The summed E-state index contributed by atoms with van der Waals surface area (Å²) in [5.41, 5.74) is 0.325. The van der Waals surface area contributed by atoms with Crippen LogP contribution in [0.1, 0.15) is 35.6 Å². The van der Waals surface area contributed by atoms with Crippen molar-refractivity contribution in [2.24, 2.45) is 0 Å². The van der Waals surface area contributed by atoms with E-state index in [0.717, 1.165) is 12.1 Å². The molecule has 33 heavy (non-hydrogen) atoms. The second-order valence-electron chi connectivity index (χ2n) is 6.93. The molecule has 0 aliphatic carbocycles. The minimum Gasteiger partial charge on any atom is -0.486 e. The van der Waals surface area contributed by atoms with E-state index >= 15 is 0 Å². The molecule has 1 heterocycles. The molecule has 0 atom stereocenters. The number of halogens is 3. The highest BCUT2D eigenvalue weighted by atomic mass is 32.2. The van der Waals surface area contributed by atoms with Crippen molar-refractivity contribution in [3.8, 4) is 5.75 Å². The quantitative estimate of drug-likeness (QED) is 0.350. The first-order valence-corrected chi connectivity index (χ1v) is 10.9. The number of ketones is 1. The monoisotopic (exact) mass is 478 g/mol. The Bertz CT molecular complexity index is 1130. The zero-order chi connectivity index (χ0) is 24.0. The van der Waals surface area contributed by atoms with E-state index < -0.39 is 11.7 Å². The van der Waals surface area contributed by atoms with Crippen LogP contribution in [-0.2, 0) is 24.1 Å². The molecule has 2 aromatic carbocycles. The number of Topliss-reactive ketones (excluding diaryl/α,β-unsaturated/α-hetero) is 1. The zero-order valence-electron chi connectivity index (χ0n) is 17.8. The van der Waals surface area contributed by atoms with Crippen LogP contribution in [0.25, 0.3) is 0 Å². The predicted octanol–water partition coefficient (Wildman–Crippen LogP) is 4.83. The number of amides is 1. The number of anilines is 1. The average Bonchev–Trinajstić information content (AvgIpc) is 3.18. The number of thioether (sulfide) groups is 1. The van der Waals surface area contributed by atoms with Crippen molar-refractivity contribution in [2.75, 3.05) is 11.1 Å². The Morgan fingerprint density at radius 2 is 1.85 bits per heavy atom. The van der Waals surface area contributed by atoms with Crippen LogP contribution >= 0.6 is 11.8 Å². The largest absolute Gasteiger partial charge is 0.486 e. The molecule has 7 nitrogen and oxygen atoms in total. The maximum Gasteiger partial charge on any atom is 0.416 e. The molecule has 11 heteroatoms. The van der Waals surface area contributed by atoms with Crippen LogP contribution in [0.4, 0.5) is 18.9 Å². The third kappa shape index (κ3) is 6.58. The third-order valence-electron chi connectivity index (χ3n) is 4.55. The summed E-state index contributed by atoms with van der Waals surface area (Å²) in [6.45, 7) is 3.74. The maximum absolute atomic E-state index is 12.9. The minimum atomic E-state index is -4.46. The zero-order valence-corrected chi connectivity index (χ0v) is 18.7. The topological polar surface area (TPSA) is 86.1 Å². The van der Waals surface area contributed by atoms with Crippen LogP contribution in [0.2, 0.25) is 0 Å². The Balaban J connectivity index is 1.58. The van der Waals surface area contributed by atoms with Crippen LogP contribution in [-0.4, -0.2) is 32.2 Å². The van der Waals surface area contributed by atoms with Crippen molar-refractivity contribution >= 4 is 29.1 Å². The Labute approximate surface area is 192 Å². The molecule has 1 aromatic heterocycles. The molecule has 1 amide bonds. The first kappa shape index (κ1) is 24.3. The number of alkyl halides is 3. The molecule has 0 saturated heterocycles. The van der Waals surface area contributed by atoms with Gasteiger partial charge in [-0.05, 0) is 56.3 Å². The Morgan fingerprint density at radius 3 is 2.48 bits per heavy atom. The highest BCUT2D eigenvalue weighted by Gasteiger charge is 2.30. The third-order valence-corrected chi connectivity index (χ3v) is 5.51. The lowest BCUT2D eigenvalue weighted by atomic mass is 10.1. The SMILES string of the molecule is CCn1c(COc2cccc(C(F)(F)F)c2)nnc1SCC(=O)Nc1ccc(C(C)=O)cc1. The highest BCUT2D eigenvalue weighted by molar-refractivity contribution is 7.99. The number of carbonyl (C=O) groups excluding carboxylic acids is 2. The van der Waals surface area contributed by atoms with Crippen molar-refractivity contribution in [1.82, 2.24) is 14.8 Å². The van der Waals surface area contributed by atoms with Crippen molar-refractivity contribution < 1.29 is 27.5 Å². The van der Waals surface area contributed by atoms with Gasteiger partial charge in [0.05, 0.1) is 11.3 Å². The van der Waals surface area contributed by atoms with Crippen LogP contribution in [0.5, 0.6) is 5.75 Å². The molecule has 0 radical (unpaired) electrons. The second-order valence-corrected chi connectivity index (χ2v) is 7.87. The fourth-order valence-corrected chi connectivity index (χ4v) is 3.70. The van der Waals surface area contributed by atoms with E-state index in [9.17, 15) is 22.8 Å².